The number of aromatic amines is 1. The van der Waals surface area contributed by atoms with Gasteiger partial charge < -0.3 is 19.4 Å². The normalized spacial score (nSPS) is 18.7. The largest absolute Gasteiger partial charge is 0.493 e. The maximum Gasteiger partial charge on any atom is 0.210 e. The third-order valence-corrected chi connectivity index (χ3v) is 7.47. The van der Waals surface area contributed by atoms with E-state index in [1.54, 1.807) is 7.11 Å². The van der Waals surface area contributed by atoms with Crippen molar-refractivity contribution >= 4 is 33.2 Å². The van der Waals surface area contributed by atoms with Gasteiger partial charge in [-0.05, 0) is 92.0 Å². The Morgan fingerprint density at radius 3 is 2.81 bits per heavy atom. The molecule has 32 heavy (non-hydrogen) atoms. The molecular weight excluding hydrogens is 468 g/mol. The Morgan fingerprint density at radius 2 is 2.03 bits per heavy atom. The second-order valence-electron chi connectivity index (χ2n) is 8.88. The van der Waals surface area contributed by atoms with E-state index >= 15 is 0 Å². The van der Waals surface area contributed by atoms with Crippen molar-refractivity contribution in [2.24, 2.45) is 0 Å². The zero-order chi connectivity index (χ0) is 22.1. The molecule has 168 valence electrons. The molecule has 0 saturated heterocycles. The van der Waals surface area contributed by atoms with E-state index in [0.29, 0.717) is 0 Å². The van der Waals surface area contributed by atoms with Crippen molar-refractivity contribution in [1.82, 2.24) is 9.88 Å². The molecule has 1 N–H and O–H groups in total. The predicted octanol–water partition coefficient (Wildman–Crippen LogP) is 5.95. The SMILES string of the molecule is COc1cc2c(cc1OC1CCCC1)[C@H](CCc1c[nH]c3ccc(Br)cc13)N(C=O)CC2. The molecule has 6 heteroatoms. The van der Waals surface area contributed by atoms with Crippen LogP contribution >= 0.6 is 15.9 Å². The minimum absolute atomic E-state index is 0.0326. The second kappa shape index (κ2) is 9.18. The van der Waals surface area contributed by atoms with Gasteiger partial charge in [0, 0.05) is 28.1 Å². The van der Waals surface area contributed by atoms with E-state index in [2.05, 4.69) is 51.4 Å². The van der Waals surface area contributed by atoms with Crippen LogP contribution in [0.5, 0.6) is 11.5 Å². The molecule has 2 aromatic carbocycles. The summed E-state index contributed by atoms with van der Waals surface area (Å²) in [6.45, 7) is 0.729. The molecule has 0 radical (unpaired) electrons. The number of benzene rings is 2. The molecule has 2 aliphatic rings. The van der Waals surface area contributed by atoms with Crippen molar-refractivity contribution in [3.8, 4) is 11.5 Å². The quantitative estimate of drug-likeness (QED) is 0.411. The molecule has 1 aliphatic carbocycles. The Morgan fingerprint density at radius 1 is 1.19 bits per heavy atom. The maximum atomic E-state index is 11.9. The molecule has 1 fully saturated rings. The van der Waals surface area contributed by atoms with E-state index in [1.807, 2.05) is 11.0 Å². The Balaban J connectivity index is 1.44. The first-order valence-electron chi connectivity index (χ1n) is 11.5. The highest BCUT2D eigenvalue weighted by atomic mass is 79.9. The van der Waals surface area contributed by atoms with Crippen molar-refractivity contribution in [2.45, 2.75) is 57.1 Å². The summed E-state index contributed by atoms with van der Waals surface area (Å²) < 4.78 is 13.1. The van der Waals surface area contributed by atoms with Gasteiger partial charge in [0.05, 0.1) is 19.3 Å². The molecule has 0 spiro atoms. The number of methoxy groups -OCH3 is 1. The first-order valence-corrected chi connectivity index (χ1v) is 12.3. The molecule has 2 heterocycles. The summed E-state index contributed by atoms with van der Waals surface area (Å²) in [6, 6.07) is 10.6. The number of halogens is 1. The lowest BCUT2D eigenvalue weighted by Gasteiger charge is -2.35. The van der Waals surface area contributed by atoms with E-state index < -0.39 is 0 Å². The number of aryl methyl sites for hydroxylation is 1. The fraction of sp³-hybridized carbons (Fsp3) is 0.423. The molecule has 1 atom stereocenters. The van der Waals surface area contributed by atoms with E-state index in [0.717, 1.165) is 66.5 Å². The van der Waals surface area contributed by atoms with Crippen LogP contribution in [0.2, 0.25) is 0 Å². The summed E-state index contributed by atoms with van der Waals surface area (Å²) in [7, 11) is 1.70. The summed E-state index contributed by atoms with van der Waals surface area (Å²) in [5.74, 6) is 1.61. The average Bonchev–Trinajstić information content (AvgIpc) is 3.46. The minimum atomic E-state index is 0.0326. The van der Waals surface area contributed by atoms with Gasteiger partial charge in [0.2, 0.25) is 6.41 Å². The van der Waals surface area contributed by atoms with Gasteiger partial charge in [0.15, 0.2) is 11.5 Å². The molecule has 1 aromatic heterocycles. The zero-order valence-corrected chi connectivity index (χ0v) is 20.0. The number of carbonyl (C=O) groups is 1. The van der Waals surface area contributed by atoms with Gasteiger partial charge in [-0.25, -0.2) is 0 Å². The Labute approximate surface area is 197 Å². The molecule has 0 bridgehead atoms. The third kappa shape index (κ3) is 4.13. The molecule has 1 aliphatic heterocycles. The van der Waals surface area contributed by atoms with E-state index in [-0.39, 0.29) is 12.1 Å². The number of carbonyl (C=O) groups excluding carboxylic acids is 1. The van der Waals surface area contributed by atoms with Crippen LogP contribution in [0.1, 0.15) is 54.8 Å². The number of H-pyrrole nitrogens is 1. The number of aromatic nitrogens is 1. The summed E-state index contributed by atoms with van der Waals surface area (Å²) in [5, 5.41) is 1.23. The zero-order valence-electron chi connectivity index (χ0n) is 18.4. The van der Waals surface area contributed by atoms with Crippen molar-refractivity contribution in [3.05, 3.63) is 57.7 Å². The number of rotatable bonds is 7. The van der Waals surface area contributed by atoms with Crippen molar-refractivity contribution in [2.75, 3.05) is 13.7 Å². The summed E-state index contributed by atoms with van der Waals surface area (Å²) >= 11 is 3.58. The summed E-state index contributed by atoms with van der Waals surface area (Å²) in [6.07, 6.45) is 10.6. The summed E-state index contributed by atoms with van der Waals surface area (Å²) in [4.78, 5) is 17.3. The van der Waals surface area contributed by atoms with Gasteiger partial charge in [-0.2, -0.15) is 0 Å². The van der Waals surface area contributed by atoms with Gasteiger partial charge in [-0.15, -0.1) is 0 Å². The van der Waals surface area contributed by atoms with Crippen LogP contribution in [0.25, 0.3) is 10.9 Å². The Bertz CT molecular complexity index is 1120. The van der Waals surface area contributed by atoms with Crippen LogP contribution in [0.15, 0.2) is 41.0 Å². The molecule has 1 amide bonds. The fourth-order valence-electron chi connectivity index (χ4n) is 5.26. The number of hydrogen-bond acceptors (Lipinski definition) is 3. The van der Waals surface area contributed by atoms with Crippen molar-refractivity contribution < 1.29 is 14.3 Å². The second-order valence-corrected chi connectivity index (χ2v) is 9.79. The molecule has 5 rings (SSSR count). The lowest BCUT2D eigenvalue weighted by molar-refractivity contribution is -0.120. The average molecular weight is 497 g/mol. The van der Waals surface area contributed by atoms with Gasteiger partial charge in [0.25, 0.3) is 0 Å². The monoisotopic (exact) mass is 496 g/mol. The molecular formula is C26H29BrN2O3. The van der Waals surface area contributed by atoms with E-state index in [4.69, 9.17) is 9.47 Å². The van der Waals surface area contributed by atoms with Gasteiger partial charge >= 0.3 is 0 Å². The molecule has 1 saturated carbocycles. The molecule has 3 aromatic rings. The molecule has 5 nitrogen and oxygen atoms in total. The van der Waals surface area contributed by atoms with E-state index in [1.165, 1.54) is 34.9 Å². The predicted molar refractivity (Wildman–Crippen MR) is 129 cm³/mol. The highest BCUT2D eigenvalue weighted by Gasteiger charge is 2.29. The topological polar surface area (TPSA) is 54.6 Å². The first-order chi connectivity index (χ1) is 15.7. The lowest BCUT2D eigenvalue weighted by Crippen LogP contribution is -2.34. The van der Waals surface area contributed by atoms with Crippen LogP contribution in [0, 0.1) is 0 Å². The number of ether oxygens (including phenoxy) is 2. The van der Waals surface area contributed by atoms with Gasteiger partial charge in [-0.3, -0.25) is 4.79 Å². The molecule has 0 unspecified atom stereocenters. The number of nitrogens with one attached hydrogen (secondary N) is 1. The number of fused-ring (bicyclic) bond motifs is 2. The van der Waals surface area contributed by atoms with Crippen LogP contribution in [0.4, 0.5) is 0 Å². The van der Waals surface area contributed by atoms with Crippen molar-refractivity contribution in [1.29, 1.82) is 0 Å². The van der Waals surface area contributed by atoms with Crippen LogP contribution < -0.4 is 9.47 Å². The van der Waals surface area contributed by atoms with Gasteiger partial charge in [-0.1, -0.05) is 15.9 Å². The van der Waals surface area contributed by atoms with Crippen LogP contribution in [-0.2, 0) is 17.6 Å². The third-order valence-electron chi connectivity index (χ3n) is 6.97. The highest BCUT2D eigenvalue weighted by Crippen LogP contribution is 2.41. The standard InChI is InChI=1S/C26H29BrN2O3/c1-31-25-12-17-10-11-29(16-30)24(22(17)14-26(25)32-20-4-2-3-5-20)9-6-18-15-28-23-8-7-19(27)13-21(18)23/h7-8,12-16,20,24,28H,2-6,9-11H2,1H3/t24-/m0/s1. The van der Waals surface area contributed by atoms with Crippen LogP contribution in [0.3, 0.4) is 0 Å². The Hall–Kier alpha value is -2.47. The number of amides is 1. The van der Waals surface area contributed by atoms with Gasteiger partial charge in [0.1, 0.15) is 0 Å². The van der Waals surface area contributed by atoms with Crippen molar-refractivity contribution in [3.63, 3.8) is 0 Å². The number of nitrogens with zero attached hydrogens (tertiary/aromatic N) is 1. The maximum absolute atomic E-state index is 11.9. The smallest absolute Gasteiger partial charge is 0.210 e. The highest BCUT2D eigenvalue weighted by molar-refractivity contribution is 9.10. The lowest BCUT2D eigenvalue weighted by atomic mass is 9.88. The Kier molecular flexibility index (Phi) is 6.13. The summed E-state index contributed by atoms with van der Waals surface area (Å²) in [5.41, 5.74) is 4.86. The first kappa shape index (κ1) is 21.4. The van der Waals surface area contributed by atoms with E-state index in [9.17, 15) is 4.79 Å². The van der Waals surface area contributed by atoms with Crippen LogP contribution in [-0.4, -0.2) is 36.1 Å². The fourth-order valence-corrected chi connectivity index (χ4v) is 5.62. The minimum Gasteiger partial charge on any atom is -0.493 e. The number of hydrogen-bond donors (Lipinski definition) is 1.